The van der Waals surface area contributed by atoms with Gasteiger partial charge in [0.2, 0.25) is 0 Å². The molecule has 2 aromatic carbocycles. The molecule has 0 amide bonds. The lowest BCUT2D eigenvalue weighted by Crippen LogP contribution is -2.47. The third-order valence-corrected chi connectivity index (χ3v) is 6.35. The summed E-state index contributed by atoms with van der Waals surface area (Å²) < 4.78 is 5.75. The highest BCUT2D eigenvalue weighted by molar-refractivity contribution is 7.98. The molecule has 0 aromatic heterocycles. The summed E-state index contributed by atoms with van der Waals surface area (Å²) in [6, 6.07) is 15.5. The Morgan fingerprint density at radius 2 is 1.95 bits per heavy atom. The predicted molar refractivity (Wildman–Crippen MR) is 152 cm³/mol. The number of hydrogen-bond donors (Lipinski definition) is 2. The molecule has 1 atom stereocenters. The molecular formula is C30H36N2O4S. The van der Waals surface area contributed by atoms with Crippen LogP contribution in [-0.4, -0.2) is 52.3 Å². The molecule has 1 aliphatic rings. The van der Waals surface area contributed by atoms with Crippen molar-refractivity contribution in [2.24, 2.45) is 0 Å². The molecule has 2 N–H and O–H groups in total. The highest BCUT2D eigenvalue weighted by Crippen LogP contribution is 2.27. The smallest absolute Gasteiger partial charge is 0.339 e. The van der Waals surface area contributed by atoms with E-state index in [9.17, 15) is 14.7 Å². The van der Waals surface area contributed by atoms with E-state index in [-0.39, 0.29) is 0 Å². The molecule has 0 spiro atoms. The first kappa shape index (κ1) is 28.3. The van der Waals surface area contributed by atoms with Crippen LogP contribution in [0.25, 0.3) is 17.2 Å². The second kappa shape index (κ2) is 12.8. The number of ether oxygens (including phenoxy) is 1. The van der Waals surface area contributed by atoms with Crippen LogP contribution in [0.1, 0.15) is 38.3 Å². The molecule has 0 saturated carbocycles. The van der Waals surface area contributed by atoms with E-state index < -0.39 is 23.6 Å². The van der Waals surface area contributed by atoms with Gasteiger partial charge in [0, 0.05) is 11.8 Å². The highest BCUT2D eigenvalue weighted by Gasteiger charge is 2.25. The van der Waals surface area contributed by atoms with E-state index >= 15 is 0 Å². The molecule has 0 bridgehead atoms. The minimum Gasteiger partial charge on any atom is -0.480 e. The van der Waals surface area contributed by atoms with Crippen molar-refractivity contribution in [3.05, 3.63) is 89.2 Å². The minimum absolute atomic E-state index is 0.399. The molecule has 37 heavy (non-hydrogen) atoms. The number of rotatable bonds is 10. The first-order chi connectivity index (χ1) is 17.6. The number of carbonyl (C=O) groups is 2. The van der Waals surface area contributed by atoms with Crippen LogP contribution in [0.5, 0.6) is 0 Å². The van der Waals surface area contributed by atoms with Crippen molar-refractivity contribution in [1.82, 2.24) is 10.4 Å². The zero-order valence-corrected chi connectivity index (χ0v) is 23.0. The molecular weight excluding hydrogens is 484 g/mol. The first-order valence-corrected chi connectivity index (χ1v) is 13.7. The number of esters is 1. The van der Waals surface area contributed by atoms with Gasteiger partial charge in [-0.1, -0.05) is 54.6 Å². The van der Waals surface area contributed by atoms with Gasteiger partial charge < -0.3 is 14.9 Å². The summed E-state index contributed by atoms with van der Waals surface area (Å²) in [5.74, 6) is -0.622. The van der Waals surface area contributed by atoms with Crippen LogP contribution in [0.4, 0.5) is 0 Å². The van der Waals surface area contributed by atoms with Crippen LogP contribution < -0.4 is 5.43 Å². The molecule has 1 aliphatic heterocycles. The summed E-state index contributed by atoms with van der Waals surface area (Å²) in [7, 11) is 0. The summed E-state index contributed by atoms with van der Waals surface area (Å²) >= 11 is 1.60. The molecule has 196 valence electrons. The number of aliphatic carboxylic acids is 1. The summed E-state index contributed by atoms with van der Waals surface area (Å²) in [6.45, 7) is 8.07. The van der Waals surface area contributed by atoms with Crippen LogP contribution in [0, 0.1) is 6.92 Å². The maximum absolute atomic E-state index is 13.3. The average Bonchev–Trinajstić information content (AvgIpc) is 2.84. The third-order valence-electron chi connectivity index (χ3n) is 5.71. The quantitative estimate of drug-likeness (QED) is 0.300. The van der Waals surface area contributed by atoms with Gasteiger partial charge in [-0.25, -0.2) is 10.2 Å². The molecule has 2 aromatic rings. The van der Waals surface area contributed by atoms with Gasteiger partial charge >= 0.3 is 11.9 Å². The van der Waals surface area contributed by atoms with E-state index in [4.69, 9.17) is 4.74 Å². The van der Waals surface area contributed by atoms with E-state index in [0.29, 0.717) is 24.1 Å². The Morgan fingerprint density at radius 1 is 1.19 bits per heavy atom. The van der Waals surface area contributed by atoms with Crippen molar-refractivity contribution < 1.29 is 19.4 Å². The van der Waals surface area contributed by atoms with Gasteiger partial charge in [-0.15, -0.1) is 0 Å². The van der Waals surface area contributed by atoms with Crippen molar-refractivity contribution in [2.75, 3.05) is 18.6 Å². The lowest BCUT2D eigenvalue weighted by molar-refractivity contribution is -0.149. The fraction of sp³-hybridized carbons (Fsp3) is 0.333. The number of carboxylic acid groups (broad SMARTS) is 1. The number of nitrogens with one attached hydrogen (secondary N) is 1. The number of carbonyl (C=O) groups excluding carboxylic acids is 1. The molecule has 1 heterocycles. The van der Waals surface area contributed by atoms with Crippen molar-refractivity contribution in [1.29, 1.82) is 0 Å². The normalized spacial score (nSPS) is 14.8. The van der Waals surface area contributed by atoms with Crippen molar-refractivity contribution in [2.45, 2.75) is 45.8 Å². The van der Waals surface area contributed by atoms with E-state index in [0.717, 1.165) is 22.4 Å². The monoisotopic (exact) mass is 520 g/mol. The number of allylic oxidation sites excluding steroid dienone is 1. The van der Waals surface area contributed by atoms with Gasteiger partial charge in [-0.2, -0.15) is 11.8 Å². The summed E-state index contributed by atoms with van der Waals surface area (Å²) in [6.07, 6.45) is 9.81. The second-order valence-corrected chi connectivity index (χ2v) is 10.9. The van der Waals surface area contributed by atoms with Crippen molar-refractivity contribution in [3.8, 4) is 11.1 Å². The molecule has 6 nitrogen and oxygen atoms in total. The number of carboxylic acids is 1. The fourth-order valence-electron chi connectivity index (χ4n) is 3.94. The number of nitrogens with zero attached hydrogens (tertiary/aromatic N) is 1. The standard InChI is InChI=1S/C30H36N2O4S/c1-21-10-6-7-14-25(21)23-12-8-11-22(18-23)19-26(29(35)36-30(2,3)4)24-13-9-16-32(20-24)31-27(28(33)34)15-17-37-5/h6-14,18-20,27,31H,15-17H2,1-5H3,(H,33,34)/b26-19-/t27-/m0/s1. The third kappa shape index (κ3) is 8.37. The van der Waals surface area contributed by atoms with Gasteiger partial charge in [-0.05, 0) is 80.5 Å². The molecule has 0 aliphatic carbocycles. The molecule has 0 fully saturated rings. The van der Waals surface area contributed by atoms with Crippen molar-refractivity contribution >= 4 is 29.8 Å². The Balaban J connectivity index is 1.98. The minimum atomic E-state index is -0.908. The van der Waals surface area contributed by atoms with Crippen LogP contribution in [-0.2, 0) is 14.3 Å². The zero-order chi connectivity index (χ0) is 27.0. The Morgan fingerprint density at radius 3 is 2.62 bits per heavy atom. The molecule has 7 heteroatoms. The SMILES string of the molecule is CSCC[C@H](NN1C=C(/C(=C/c2cccc(-c3ccccc3C)c2)C(=O)OC(C)(C)C)C=CC1)C(=O)O. The predicted octanol–water partition coefficient (Wildman–Crippen LogP) is 5.85. The lowest BCUT2D eigenvalue weighted by atomic mass is 9.96. The molecule has 3 rings (SSSR count). The van der Waals surface area contributed by atoms with Crippen LogP contribution in [0.15, 0.2) is 78.0 Å². The van der Waals surface area contributed by atoms with Crippen molar-refractivity contribution in [3.63, 3.8) is 0 Å². The van der Waals surface area contributed by atoms with Gasteiger partial charge in [-0.3, -0.25) is 4.79 Å². The molecule has 0 radical (unpaired) electrons. The van der Waals surface area contributed by atoms with E-state index in [2.05, 4.69) is 36.6 Å². The summed E-state index contributed by atoms with van der Waals surface area (Å²) in [4.78, 5) is 25.1. The van der Waals surface area contributed by atoms with E-state index in [1.54, 1.807) is 23.0 Å². The largest absolute Gasteiger partial charge is 0.480 e. The lowest BCUT2D eigenvalue weighted by Gasteiger charge is -2.28. The number of hydrazine groups is 1. The maximum Gasteiger partial charge on any atom is 0.339 e. The van der Waals surface area contributed by atoms with E-state index in [1.807, 2.05) is 69.5 Å². The van der Waals surface area contributed by atoms with Gasteiger partial charge in [0.1, 0.15) is 11.6 Å². The Labute approximate surface area is 224 Å². The maximum atomic E-state index is 13.3. The molecule has 0 saturated heterocycles. The zero-order valence-electron chi connectivity index (χ0n) is 22.2. The summed E-state index contributed by atoms with van der Waals surface area (Å²) in [5.41, 5.74) is 7.68. The number of hydrogen-bond acceptors (Lipinski definition) is 6. The Hall–Kier alpha value is -3.29. The summed E-state index contributed by atoms with van der Waals surface area (Å²) in [5, 5.41) is 11.4. The number of aryl methyl sites for hydroxylation is 1. The topological polar surface area (TPSA) is 78.9 Å². The number of benzene rings is 2. The Bertz CT molecular complexity index is 1210. The first-order valence-electron chi connectivity index (χ1n) is 12.3. The van der Waals surface area contributed by atoms with Gasteiger partial charge in [0.25, 0.3) is 0 Å². The van der Waals surface area contributed by atoms with Gasteiger partial charge in [0.05, 0.1) is 12.1 Å². The Kier molecular flexibility index (Phi) is 9.78. The van der Waals surface area contributed by atoms with E-state index in [1.165, 1.54) is 5.56 Å². The highest BCUT2D eigenvalue weighted by atomic mass is 32.2. The second-order valence-electron chi connectivity index (χ2n) is 9.94. The molecule has 0 unspecified atom stereocenters. The number of thioether (sulfide) groups is 1. The van der Waals surface area contributed by atoms with Gasteiger partial charge in [0.15, 0.2) is 0 Å². The fourth-order valence-corrected chi connectivity index (χ4v) is 4.41. The van der Waals surface area contributed by atoms with Crippen LogP contribution in [0.3, 0.4) is 0 Å². The average molecular weight is 521 g/mol. The van der Waals surface area contributed by atoms with Crippen LogP contribution in [0.2, 0.25) is 0 Å². The van der Waals surface area contributed by atoms with Crippen LogP contribution >= 0.6 is 11.8 Å².